The van der Waals surface area contributed by atoms with Crippen LogP contribution in [0.25, 0.3) is 0 Å². The Bertz CT molecular complexity index is 435. The fourth-order valence-electron chi connectivity index (χ4n) is 2.48. The van der Waals surface area contributed by atoms with Gasteiger partial charge in [0.25, 0.3) is 0 Å². The van der Waals surface area contributed by atoms with E-state index >= 15 is 0 Å². The number of nitrogens with two attached hydrogens (primary N) is 1. The Morgan fingerprint density at radius 3 is 2.90 bits per heavy atom. The maximum absolute atomic E-state index is 12.0. The molecule has 1 fully saturated rings. The van der Waals surface area contributed by atoms with E-state index in [1.165, 1.54) is 0 Å². The number of amides is 1. The molecule has 6 heteroatoms. The van der Waals surface area contributed by atoms with Gasteiger partial charge in [0.2, 0.25) is 5.91 Å². The number of carbonyl (C=O) groups is 1. The summed E-state index contributed by atoms with van der Waals surface area (Å²) < 4.78 is 0. The highest BCUT2D eigenvalue weighted by Crippen LogP contribution is 2.17. The predicted molar refractivity (Wildman–Crippen MR) is 88.6 cm³/mol. The highest BCUT2D eigenvalue weighted by molar-refractivity contribution is 7.98. The summed E-state index contributed by atoms with van der Waals surface area (Å²) in [5, 5.41) is 3.08. The van der Waals surface area contributed by atoms with Gasteiger partial charge in [-0.2, -0.15) is 11.8 Å². The number of aromatic nitrogens is 1. The van der Waals surface area contributed by atoms with Gasteiger partial charge in [-0.25, -0.2) is 4.98 Å². The van der Waals surface area contributed by atoms with Gasteiger partial charge in [0.05, 0.1) is 6.04 Å². The SMILES string of the molecule is CSCC[C@@H](N)C(=O)NC1CCN(c2ccccn2)CC1. The molecule has 0 aromatic carbocycles. The second kappa shape index (κ2) is 8.24. The molecule has 1 aliphatic rings. The lowest BCUT2D eigenvalue weighted by Crippen LogP contribution is -2.49. The molecule has 0 radical (unpaired) electrons. The first-order valence-electron chi connectivity index (χ1n) is 7.41. The van der Waals surface area contributed by atoms with Crippen LogP contribution in [0, 0.1) is 0 Å². The third-order valence-electron chi connectivity index (χ3n) is 3.78. The Balaban J connectivity index is 1.75. The summed E-state index contributed by atoms with van der Waals surface area (Å²) >= 11 is 1.72. The molecule has 21 heavy (non-hydrogen) atoms. The fraction of sp³-hybridized carbons (Fsp3) is 0.600. The molecule has 0 bridgehead atoms. The van der Waals surface area contributed by atoms with Gasteiger partial charge in [-0.05, 0) is 43.4 Å². The van der Waals surface area contributed by atoms with Crippen molar-refractivity contribution in [2.75, 3.05) is 30.0 Å². The second-order valence-corrected chi connectivity index (χ2v) is 6.33. The van der Waals surface area contributed by atoms with Gasteiger partial charge >= 0.3 is 0 Å². The number of anilines is 1. The first-order chi connectivity index (χ1) is 10.2. The molecule has 1 aromatic rings. The molecular weight excluding hydrogens is 284 g/mol. The summed E-state index contributed by atoms with van der Waals surface area (Å²) in [5.41, 5.74) is 5.89. The van der Waals surface area contributed by atoms with E-state index in [0.717, 1.165) is 43.9 Å². The molecule has 1 aliphatic heterocycles. The maximum atomic E-state index is 12.0. The lowest BCUT2D eigenvalue weighted by molar-refractivity contribution is -0.123. The third kappa shape index (κ3) is 4.89. The standard InChI is InChI=1S/C15H24N4OS/c1-21-11-7-13(16)15(20)18-12-5-9-19(10-6-12)14-4-2-3-8-17-14/h2-4,8,12-13H,5-7,9-11,16H2,1H3,(H,18,20)/t13-/m1/s1. The van der Waals surface area contributed by atoms with Crippen LogP contribution in [-0.4, -0.2) is 48.1 Å². The molecule has 0 saturated carbocycles. The zero-order chi connectivity index (χ0) is 15.1. The molecule has 3 N–H and O–H groups in total. The van der Waals surface area contributed by atoms with Crippen LogP contribution in [0.15, 0.2) is 24.4 Å². The first-order valence-corrected chi connectivity index (χ1v) is 8.81. The van der Waals surface area contributed by atoms with Gasteiger partial charge in [-0.15, -0.1) is 0 Å². The van der Waals surface area contributed by atoms with Gasteiger partial charge in [0, 0.05) is 25.3 Å². The average Bonchev–Trinajstić information content (AvgIpc) is 2.54. The quantitative estimate of drug-likeness (QED) is 0.827. The molecule has 2 rings (SSSR count). The molecule has 116 valence electrons. The van der Waals surface area contributed by atoms with Gasteiger partial charge in [0.1, 0.15) is 5.82 Å². The van der Waals surface area contributed by atoms with Crippen LogP contribution < -0.4 is 16.0 Å². The van der Waals surface area contributed by atoms with E-state index in [9.17, 15) is 4.79 Å². The van der Waals surface area contributed by atoms with E-state index in [0.29, 0.717) is 0 Å². The molecule has 1 saturated heterocycles. The Labute approximate surface area is 130 Å². The van der Waals surface area contributed by atoms with Crippen LogP contribution in [0.5, 0.6) is 0 Å². The van der Waals surface area contributed by atoms with Crippen LogP contribution in [0.3, 0.4) is 0 Å². The summed E-state index contributed by atoms with van der Waals surface area (Å²) in [6.07, 6.45) is 6.46. The largest absolute Gasteiger partial charge is 0.356 e. The fourth-order valence-corrected chi connectivity index (χ4v) is 2.97. The number of rotatable bonds is 6. The summed E-state index contributed by atoms with van der Waals surface area (Å²) in [6.45, 7) is 1.84. The van der Waals surface area contributed by atoms with Crippen LogP contribution in [0.1, 0.15) is 19.3 Å². The molecule has 5 nitrogen and oxygen atoms in total. The van der Waals surface area contributed by atoms with Crippen molar-refractivity contribution >= 4 is 23.5 Å². The summed E-state index contributed by atoms with van der Waals surface area (Å²) in [6, 6.07) is 5.80. The topological polar surface area (TPSA) is 71.2 Å². The predicted octanol–water partition coefficient (Wildman–Crippen LogP) is 1.25. The number of thioether (sulfide) groups is 1. The summed E-state index contributed by atoms with van der Waals surface area (Å²) in [5.74, 6) is 1.92. The second-order valence-electron chi connectivity index (χ2n) is 5.35. The van der Waals surface area contributed by atoms with Crippen molar-refractivity contribution in [3.8, 4) is 0 Å². The zero-order valence-electron chi connectivity index (χ0n) is 12.5. The molecule has 1 atom stereocenters. The van der Waals surface area contributed by atoms with E-state index in [-0.39, 0.29) is 18.0 Å². The van der Waals surface area contributed by atoms with Crippen LogP contribution in [0.2, 0.25) is 0 Å². The Kier molecular flexibility index (Phi) is 6.32. The summed E-state index contributed by atoms with van der Waals surface area (Å²) in [4.78, 5) is 18.6. The van der Waals surface area contributed by atoms with Gasteiger partial charge in [-0.3, -0.25) is 4.79 Å². The Hall–Kier alpha value is -1.27. The van der Waals surface area contributed by atoms with Crippen LogP contribution >= 0.6 is 11.8 Å². The normalized spacial score (nSPS) is 17.5. The van der Waals surface area contributed by atoms with Crippen LogP contribution in [0.4, 0.5) is 5.82 Å². The first kappa shape index (κ1) is 16.1. The monoisotopic (exact) mass is 308 g/mol. The van der Waals surface area contributed by atoms with E-state index in [2.05, 4.69) is 15.2 Å². The highest BCUT2D eigenvalue weighted by Gasteiger charge is 2.23. The van der Waals surface area contributed by atoms with Gasteiger partial charge < -0.3 is 16.0 Å². The molecule has 0 unspecified atom stereocenters. The molecule has 0 spiro atoms. The van der Waals surface area contributed by atoms with Crippen molar-refractivity contribution in [1.82, 2.24) is 10.3 Å². The van der Waals surface area contributed by atoms with Crippen LogP contribution in [-0.2, 0) is 4.79 Å². The minimum atomic E-state index is -0.383. The highest BCUT2D eigenvalue weighted by atomic mass is 32.2. The Morgan fingerprint density at radius 2 is 2.29 bits per heavy atom. The number of hydrogen-bond acceptors (Lipinski definition) is 5. The van der Waals surface area contributed by atoms with Crippen molar-refractivity contribution in [3.05, 3.63) is 24.4 Å². The number of nitrogens with one attached hydrogen (secondary N) is 1. The molecule has 0 aliphatic carbocycles. The zero-order valence-corrected chi connectivity index (χ0v) is 13.3. The van der Waals surface area contributed by atoms with E-state index in [1.54, 1.807) is 11.8 Å². The number of carbonyl (C=O) groups excluding carboxylic acids is 1. The number of pyridine rings is 1. The molecular formula is C15H24N4OS. The minimum absolute atomic E-state index is 0.0136. The van der Waals surface area contributed by atoms with E-state index in [1.807, 2.05) is 30.7 Å². The van der Waals surface area contributed by atoms with Crippen molar-refractivity contribution < 1.29 is 4.79 Å². The maximum Gasteiger partial charge on any atom is 0.237 e. The number of hydrogen-bond donors (Lipinski definition) is 2. The smallest absolute Gasteiger partial charge is 0.237 e. The third-order valence-corrected chi connectivity index (χ3v) is 4.43. The van der Waals surface area contributed by atoms with E-state index < -0.39 is 0 Å². The Morgan fingerprint density at radius 1 is 1.52 bits per heavy atom. The number of piperidine rings is 1. The molecule has 1 aromatic heterocycles. The number of nitrogens with zero attached hydrogens (tertiary/aromatic N) is 2. The van der Waals surface area contributed by atoms with Crippen molar-refractivity contribution in [2.45, 2.75) is 31.3 Å². The average molecular weight is 308 g/mol. The van der Waals surface area contributed by atoms with Crippen molar-refractivity contribution in [2.24, 2.45) is 5.73 Å². The van der Waals surface area contributed by atoms with Gasteiger partial charge in [-0.1, -0.05) is 6.07 Å². The van der Waals surface area contributed by atoms with Gasteiger partial charge in [0.15, 0.2) is 0 Å². The lowest BCUT2D eigenvalue weighted by atomic mass is 10.0. The molecule has 2 heterocycles. The summed E-state index contributed by atoms with van der Waals surface area (Å²) in [7, 11) is 0. The van der Waals surface area contributed by atoms with Crippen molar-refractivity contribution in [1.29, 1.82) is 0 Å². The lowest BCUT2D eigenvalue weighted by Gasteiger charge is -2.33. The molecule has 1 amide bonds. The minimum Gasteiger partial charge on any atom is -0.356 e. The van der Waals surface area contributed by atoms with Crippen molar-refractivity contribution in [3.63, 3.8) is 0 Å². The van der Waals surface area contributed by atoms with E-state index in [4.69, 9.17) is 5.73 Å².